The molecule has 7 nitrogen and oxygen atoms in total. The van der Waals surface area contributed by atoms with Crippen molar-refractivity contribution >= 4 is 17.2 Å². The summed E-state index contributed by atoms with van der Waals surface area (Å²) < 4.78 is 6.03. The standard InChI is InChI=1S/C17H21N5O2S/c1-12-20-14(10-25-12)8-21-4-5-24-16-9-22(7-13(16)6-21)17(23)15-2-3-18-11-19-15/h2-3,10-11,13,16H,4-9H2,1H3/t13-,16+/m1/s1. The second-order valence-electron chi connectivity index (χ2n) is 6.57. The lowest BCUT2D eigenvalue weighted by atomic mass is 10.1. The van der Waals surface area contributed by atoms with E-state index < -0.39 is 0 Å². The average Bonchev–Trinajstić information content (AvgIpc) is 3.16. The number of fused-ring (bicyclic) bond motifs is 1. The molecule has 0 aliphatic carbocycles. The zero-order chi connectivity index (χ0) is 17.2. The van der Waals surface area contributed by atoms with E-state index in [2.05, 4.69) is 25.2 Å². The Morgan fingerprint density at radius 2 is 2.32 bits per heavy atom. The van der Waals surface area contributed by atoms with E-state index in [9.17, 15) is 4.79 Å². The van der Waals surface area contributed by atoms with Crippen LogP contribution in [0.1, 0.15) is 21.2 Å². The predicted octanol–water partition coefficient (Wildman–Crippen LogP) is 1.21. The summed E-state index contributed by atoms with van der Waals surface area (Å²) in [7, 11) is 0. The molecular weight excluding hydrogens is 338 g/mol. The molecule has 2 aromatic rings. The van der Waals surface area contributed by atoms with Gasteiger partial charge in [-0.1, -0.05) is 0 Å². The van der Waals surface area contributed by atoms with Gasteiger partial charge < -0.3 is 9.64 Å². The summed E-state index contributed by atoms with van der Waals surface area (Å²) in [4.78, 5) is 29.4. The van der Waals surface area contributed by atoms with Crippen molar-refractivity contribution in [1.82, 2.24) is 24.8 Å². The van der Waals surface area contributed by atoms with Gasteiger partial charge in [0.2, 0.25) is 0 Å². The largest absolute Gasteiger partial charge is 0.375 e. The molecule has 4 rings (SSSR count). The maximum Gasteiger partial charge on any atom is 0.272 e. The highest BCUT2D eigenvalue weighted by molar-refractivity contribution is 7.09. The summed E-state index contributed by atoms with van der Waals surface area (Å²) in [6.45, 7) is 6.75. The number of hydrogen-bond donors (Lipinski definition) is 0. The molecule has 1 amide bonds. The maximum absolute atomic E-state index is 12.6. The molecule has 0 radical (unpaired) electrons. The van der Waals surface area contributed by atoms with Crippen molar-refractivity contribution in [2.45, 2.75) is 19.6 Å². The Bertz CT molecular complexity index is 738. The molecule has 2 fully saturated rings. The van der Waals surface area contributed by atoms with Gasteiger partial charge in [-0.25, -0.2) is 15.0 Å². The van der Waals surface area contributed by atoms with Crippen LogP contribution in [0.15, 0.2) is 24.0 Å². The number of amides is 1. The van der Waals surface area contributed by atoms with Gasteiger partial charge >= 0.3 is 0 Å². The van der Waals surface area contributed by atoms with Crippen LogP contribution < -0.4 is 0 Å². The average molecular weight is 359 g/mol. The fraction of sp³-hybridized carbons (Fsp3) is 0.529. The van der Waals surface area contributed by atoms with Gasteiger partial charge in [-0.15, -0.1) is 11.3 Å². The first kappa shape index (κ1) is 16.6. The Hall–Kier alpha value is -1.90. The Morgan fingerprint density at radius 1 is 1.40 bits per heavy atom. The third-order valence-electron chi connectivity index (χ3n) is 4.75. The van der Waals surface area contributed by atoms with E-state index in [1.807, 2.05) is 11.8 Å². The van der Waals surface area contributed by atoms with E-state index in [0.717, 1.165) is 30.3 Å². The van der Waals surface area contributed by atoms with Crippen molar-refractivity contribution in [3.05, 3.63) is 40.4 Å². The molecule has 2 atom stereocenters. The third-order valence-corrected chi connectivity index (χ3v) is 5.58. The minimum absolute atomic E-state index is 0.0410. The van der Waals surface area contributed by atoms with Gasteiger partial charge in [-0.05, 0) is 13.0 Å². The van der Waals surface area contributed by atoms with Gasteiger partial charge in [0.1, 0.15) is 12.0 Å². The lowest BCUT2D eigenvalue weighted by Gasteiger charge is -2.22. The van der Waals surface area contributed by atoms with Crippen molar-refractivity contribution < 1.29 is 9.53 Å². The van der Waals surface area contributed by atoms with E-state index >= 15 is 0 Å². The fourth-order valence-corrected chi connectivity index (χ4v) is 4.16. The van der Waals surface area contributed by atoms with Crippen LogP contribution in [0.5, 0.6) is 0 Å². The number of aromatic nitrogens is 3. The van der Waals surface area contributed by atoms with E-state index in [4.69, 9.17) is 4.74 Å². The number of likely N-dealkylation sites (tertiary alicyclic amines) is 1. The molecule has 25 heavy (non-hydrogen) atoms. The summed E-state index contributed by atoms with van der Waals surface area (Å²) in [5, 5.41) is 3.22. The number of rotatable bonds is 3. The highest BCUT2D eigenvalue weighted by Gasteiger charge is 2.39. The molecule has 132 valence electrons. The molecule has 0 unspecified atom stereocenters. The number of thiazole rings is 1. The summed E-state index contributed by atoms with van der Waals surface area (Å²) in [5.74, 6) is 0.286. The van der Waals surface area contributed by atoms with Crippen LogP contribution in [-0.2, 0) is 11.3 Å². The van der Waals surface area contributed by atoms with Crippen molar-refractivity contribution in [2.24, 2.45) is 5.92 Å². The quantitative estimate of drug-likeness (QED) is 0.820. The van der Waals surface area contributed by atoms with Crippen LogP contribution >= 0.6 is 11.3 Å². The lowest BCUT2D eigenvalue weighted by Crippen LogP contribution is -2.34. The Balaban J connectivity index is 1.41. The highest BCUT2D eigenvalue weighted by atomic mass is 32.1. The number of ether oxygens (including phenoxy) is 1. The van der Waals surface area contributed by atoms with Gasteiger partial charge in [0.25, 0.3) is 5.91 Å². The second kappa shape index (κ2) is 7.15. The van der Waals surface area contributed by atoms with Crippen LogP contribution in [0.3, 0.4) is 0 Å². The van der Waals surface area contributed by atoms with E-state index in [1.54, 1.807) is 23.6 Å². The molecule has 0 spiro atoms. The van der Waals surface area contributed by atoms with Crippen molar-refractivity contribution in [3.63, 3.8) is 0 Å². The zero-order valence-corrected chi connectivity index (χ0v) is 15.0. The summed E-state index contributed by atoms with van der Waals surface area (Å²) in [5.41, 5.74) is 1.56. The molecule has 4 heterocycles. The lowest BCUT2D eigenvalue weighted by molar-refractivity contribution is 0.0482. The van der Waals surface area contributed by atoms with E-state index in [0.29, 0.717) is 31.3 Å². The molecule has 0 saturated carbocycles. The monoisotopic (exact) mass is 359 g/mol. The van der Waals surface area contributed by atoms with E-state index in [-0.39, 0.29) is 12.0 Å². The molecule has 0 N–H and O–H groups in total. The van der Waals surface area contributed by atoms with Gasteiger partial charge in [0.05, 0.1) is 23.4 Å². The fourth-order valence-electron chi connectivity index (χ4n) is 3.56. The van der Waals surface area contributed by atoms with Crippen LogP contribution in [0.25, 0.3) is 0 Å². The van der Waals surface area contributed by atoms with Crippen molar-refractivity contribution in [2.75, 3.05) is 32.8 Å². The minimum atomic E-state index is -0.0410. The first-order valence-electron chi connectivity index (χ1n) is 8.49. The van der Waals surface area contributed by atoms with Gasteiger partial charge in [0.15, 0.2) is 0 Å². The first-order valence-corrected chi connectivity index (χ1v) is 9.37. The molecule has 2 aromatic heterocycles. The Morgan fingerprint density at radius 3 is 3.08 bits per heavy atom. The Labute approximate surface area is 150 Å². The smallest absolute Gasteiger partial charge is 0.272 e. The van der Waals surface area contributed by atoms with Crippen molar-refractivity contribution in [1.29, 1.82) is 0 Å². The molecule has 2 aliphatic rings. The number of aryl methyl sites for hydroxylation is 1. The molecular formula is C17H21N5O2S. The third kappa shape index (κ3) is 3.70. The number of hydrogen-bond acceptors (Lipinski definition) is 7. The topological polar surface area (TPSA) is 71.5 Å². The van der Waals surface area contributed by atoms with Crippen LogP contribution in [0.4, 0.5) is 0 Å². The molecule has 0 bridgehead atoms. The van der Waals surface area contributed by atoms with Crippen LogP contribution in [0, 0.1) is 12.8 Å². The second-order valence-corrected chi connectivity index (χ2v) is 7.63. The molecule has 8 heteroatoms. The maximum atomic E-state index is 12.6. The van der Waals surface area contributed by atoms with Gasteiger partial charge in [0, 0.05) is 50.2 Å². The highest BCUT2D eigenvalue weighted by Crippen LogP contribution is 2.25. The summed E-state index contributed by atoms with van der Waals surface area (Å²) in [6.07, 6.45) is 3.12. The number of carbonyl (C=O) groups excluding carboxylic acids is 1. The predicted molar refractivity (Wildman–Crippen MR) is 93.3 cm³/mol. The molecule has 2 aliphatic heterocycles. The van der Waals surface area contributed by atoms with Crippen LogP contribution in [0.2, 0.25) is 0 Å². The first-order chi connectivity index (χ1) is 12.2. The SMILES string of the molecule is Cc1nc(CN2CCO[C@H]3CN(C(=O)c4ccncn4)C[C@H]3C2)cs1. The zero-order valence-electron chi connectivity index (χ0n) is 14.2. The van der Waals surface area contributed by atoms with Gasteiger partial charge in [-0.3, -0.25) is 9.69 Å². The number of nitrogens with zero attached hydrogens (tertiary/aromatic N) is 5. The summed E-state index contributed by atoms with van der Waals surface area (Å²) in [6, 6.07) is 1.66. The normalized spacial score (nSPS) is 24.1. The van der Waals surface area contributed by atoms with Gasteiger partial charge in [-0.2, -0.15) is 0 Å². The summed E-state index contributed by atoms with van der Waals surface area (Å²) >= 11 is 1.69. The number of carbonyl (C=O) groups is 1. The minimum Gasteiger partial charge on any atom is -0.375 e. The molecule has 0 aromatic carbocycles. The Kier molecular flexibility index (Phi) is 4.74. The van der Waals surface area contributed by atoms with Crippen LogP contribution in [-0.4, -0.2) is 69.5 Å². The molecule has 2 saturated heterocycles. The van der Waals surface area contributed by atoms with Crippen molar-refractivity contribution in [3.8, 4) is 0 Å². The van der Waals surface area contributed by atoms with E-state index in [1.165, 1.54) is 6.33 Å².